The van der Waals surface area contributed by atoms with Gasteiger partial charge in [-0.2, -0.15) is 0 Å². The van der Waals surface area contributed by atoms with Gasteiger partial charge < -0.3 is 5.73 Å². The van der Waals surface area contributed by atoms with Crippen LogP contribution in [-0.2, 0) is 6.54 Å². The largest absolute Gasteiger partial charge is 0.399 e. The van der Waals surface area contributed by atoms with Crippen molar-refractivity contribution in [1.29, 1.82) is 0 Å². The van der Waals surface area contributed by atoms with Crippen LogP contribution >= 0.6 is 11.8 Å². The van der Waals surface area contributed by atoms with E-state index in [4.69, 9.17) is 5.73 Å². The Hall–Kier alpha value is -1.76. The van der Waals surface area contributed by atoms with Crippen LogP contribution in [-0.4, -0.2) is 14.8 Å². The van der Waals surface area contributed by atoms with Crippen molar-refractivity contribution in [3.63, 3.8) is 0 Å². The summed E-state index contributed by atoms with van der Waals surface area (Å²) in [6.45, 7) is 2.51. The molecule has 0 saturated carbocycles. The standard InChI is InChI=1S/C11H13FN4OS/c1-2-5-16-10(17)14-15-11(16)18-9-4-3-7(13)6-8(9)12/h3-4,6H,2,5,13H2,1H3,(H,14,17). The quantitative estimate of drug-likeness (QED) is 0.830. The molecule has 0 aliphatic carbocycles. The number of halogens is 1. The molecule has 2 rings (SSSR count). The molecule has 0 aliphatic heterocycles. The van der Waals surface area contributed by atoms with Crippen LogP contribution < -0.4 is 11.4 Å². The summed E-state index contributed by atoms with van der Waals surface area (Å²) in [5.74, 6) is -0.418. The van der Waals surface area contributed by atoms with E-state index >= 15 is 0 Å². The van der Waals surface area contributed by atoms with Gasteiger partial charge in [-0.05, 0) is 36.4 Å². The van der Waals surface area contributed by atoms with Crippen molar-refractivity contribution in [1.82, 2.24) is 14.8 Å². The molecule has 7 heteroatoms. The highest BCUT2D eigenvalue weighted by atomic mass is 32.2. The van der Waals surface area contributed by atoms with Crippen LogP contribution in [0.15, 0.2) is 33.0 Å². The molecule has 0 spiro atoms. The average Bonchev–Trinajstić information content (AvgIpc) is 2.66. The van der Waals surface area contributed by atoms with E-state index in [0.717, 1.165) is 18.2 Å². The topological polar surface area (TPSA) is 76.7 Å². The zero-order valence-corrected chi connectivity index (χ0v) is 10.6. The van der Waals surface area contributed by atoms with E-state index in [2.05, 4.69) is 10.2 Å². The first kappa shape index (κ1) is 12.7. The Labute approximate surface area is 107 Å². The maximum Gasteiger partial charge on any atom is 0.343 e. The Morgan fingerprint density at radius 1 is 1.56 bits per heavy atom. The SMILES string of the molecule is CCCn1c(Sc2ccc(N)cc2F)n[nH]c1=O. The van der Waals surface area contributed by atoms with Gasteiger partial charge >= 0.3 is 5.69 Å². The van der Waals surface area contributed by atoms with Gasteiger partial charge in [-0.25, -0.2) is 14.3 Å². The van der Waals surface area contributed by atoms with Gasteiger partial charge in [-0.15, -0.1) is 5.10 Å². The number of rotatable bonds is 4. The number of benzene rings is 1. The van der Waals surface area contributed by atoms with E-state index in [9.17, 15) is 9.18 Å². The third-order valence-electron chi connectivity index (χ3n) is 2.33. The highest BCUT2D eigenvalue weighted by Crippen LogP contribution is 2.28. The molecule has 96 valence electrons. The summed E-state index contributed by atoms with van der Waals surface area (Å²) in [6, 6.07) is 4.43. The van der Waals surface area contributed by atoms with Gasteiger partial charge in [0, 0.05) is 12.2 Å². The summed E-state index contributed by atoms with van der Waals surface area (Å²) in [5, 5.41) is 6.70. The van der Waals surface area contributed by atoms with Crippen molar-refractivity contribution in [3.8, 4) is 0 Å². The normalized spacial score (nSPS) is 10.8. The predicted molar refractivity (Wildman–Crippen MR) is 68.1 cm³/mol. The average molecular weight is 268 g/mol. The van der Waals surface area contributed by atoms with E-state index in [1.165, 1.54) is 10.6 Å². The van der Waals surface area contributed by atoms with Crippen molar-refractivity contribution in [2.45, 2.75) is 29.9 Å². The van der Waals surface area contributed by atoms with Crippen LogP contribution in [0, 0.1) is 5.82 Å². The molecule has 5 nitrogen and oxygen atoms in total. The first-order chi connectivity index (χ1) is 8.61. The first-order valence-corrected chi connectivity index (χ1v) is 6.31. The summed E-state index contributed by atoms with van der Waals surface area (Å²) in [6.07, 6.45) is 0.803. The van der Waals surface area contributed by atoms with Crippen LogP contribution in [0.2, 0.25) is 0 Å². The predicted octanol–water partition coefficient (Wildman–Crippen LogP) is 1.85. The molecule has 1 aromatic heterocycles. The van der Waals surface area contributed by atoms with Crippen molar-refractivity contribution in [3.05, 3.63) is 34.5 Å². The summed E-state index contributed by atoms with van der Waals surface area (Å²) in [7, 11) is 0. The fourth-order valence-corrected chi connectivity index (χ4v) is 2.37. The van der Waals surface area contributed by atoms with Gasteiger partial charge in [0.25, 0.3) is 0 Å². The lowest BCUT2D eigenvalue weighted by Gasteiger charge is -2.05. The number of hydrogen-bond donors (Lipinski definition) is 2. The molecule has 0 unspecified atom stereocenters. The second-order valence-electron chi connectivity index (χ2n) is 3.75. The number of anilines is 1. The lowest BCUT2D eigenvalue weighted by atomic mass is 10.3. The number of nitrogens with one attached hydrogen (secondary N) is 1. The van der Waals surface area contributed by atoms with E-state index in [0.29, 0.717) is 22.3 Å². The Balaban J connectivity index is 2.31. The number of nitrogens with two attached hydrogens (primary N) is 1. The molecule has 2 aromatic rings. The van der Waals surface area contributed by atoms with E-state index in [1.54, 1.807) is 12.1 Å². The third-order valence-corrected chi connectivity index (χ3v) is 3.37. The molecule has 3 N–H and O–H groups in total. The molecule has 0 bridgehead atoms. The lowest BCUT2D eigenvalue weighted by Crippen LogP contribution is -2.17. The number of aromatic amines is 1. The molecule has 0 aliphatic rings. The van der Waals surface area contributed by atoms with E-state index in [-0.39, 0.29) is 5.69 Å². The fourth-order valence-electron chi connectivity index (χ4n) is 1.50. The summed E-state index contributed by atoms with van der Waals surface area (Å²) >= 11 is 1.10. The molecule has 0 radical (unpaired) electrons. The Morgan fingerprint density at radius 3 is 3.00 bits per heavy atom. The van der Waals surface area contributed by atoms with Gasteiger partial charge in [0.15, 0.2) is 5.16 Å². The lowest BCUT2D eigenvalue weighted by molar-refractivity contribution is 0.594. The van der Waals surface area contributed by atoms with E-state index in [1.807, 2.05) is 6.92 Å². The van der Waals surface area contributed by atoms with Crippen LogP contribution in [0.3, 0.4) is 0 Å². The van der Waals surface area contributed by atoms with Crippen molar-refractivity contribution >= 4 is 17.4 Å². The summed E-state index contributed by atoms with van der Waals surface area (Å²) in [5.41, 5.74) is 5.56. The second-order valence-corrected chi connectivity index (χ2v) is 4.76. The Morgan fingerprint density at radius 2 is 2.33 bits per heavy atom. The first-order valence-electron chi connectivity index (χ1n) is 5.50. The zero-order chi connectivity index (χ0) is 13.1. The number of H-pyrrole nitrogens is 1. The van der Waals surface area contributed by atoms with Gasteiger partial charge in [-0.3, -0.25) is 4.57 Å². The maximum atomic E-state index is 13.6. The van der Waals surface area contributed by atoms with Crippen molar-refractivity contribution < 1.29 is 4.39 Å². The molecule has 0 saturated heterocycles. The van der Waals surface area contributed by atoms with Crippen LogP contribution in [0.5, 0.6) is 0 Å². The van der Waals surface area contributed by atoms with Gasteiger partial charge in [0.05, 0.1) is 4.90 Å². The molecule has 0 amide bonds. The summed E-state index contributed by atoms with van der Waals surface area (Å²) in [4.78, 5) is 11.9. The van der Waals surface area contributed by atoms with E-state index < -0.39 is 5.82 Å². The minimum absolute atomic E-state index is 0.282. The molecule has 1 heterocycles. The monoisotopic (exact) mass is 268 g/mol. The van der Waals surface area contributed by atoms with Crippen LogP contribution in [0.4, 0.5) is 10.1 Å². The Kier molecular flexibility index (Phi) is 3.71. The molecule has 0 atom stereocenters. The minimum atomic E-state index is -0.418. The van der Waals surface area contributed by atoms with Gasteiger partial charge in [0.2, 0.25) is 0 Å². The van der Waals surface area contributed by atoms with Crippen LogP contribution in [0.1, 0.15) is 13.3 Å². The fraction of sp³-hybridized carbons (Fsp3) is 0.273. The minimum Gasteiger partial charge on any atom is -0.399 e. The zero-order valence-electron chi connectivity index (χ0n) is 9.81. The smallest absolute Gasteiger partial charge is 0.343 e. The molecule has 0 fully saturated rings. The number of nitrogens with zero attached hydrogens (tertiary/aromatic N) is 2. The number of aromatic nitrogens is 3. The second kappa shape index (κ2) is 5.26. The Bertz CT molecular complexity index is 607. The summed E-state index contributed by atoms with van der Waals surface area (Å²) < 4.78 is 15.1. The molecular weight excluding hydrogens is 255 g/mol. The maximum absolute atomic E-state index is 13.6. The van der Waals surface area contributed by atoms with Crippen molar-refractivity contribution in [2.75, 3.05) is 5.73 Å². The molecule has 18 heavy (non-hydrogen) atoms. The van der Waals surface area contributed by atoms with Gasteiger partial charge in [0.1, 0.15) is 5.82 Å². The molecular formula is C11H13FN4OS. The van der Waals surface area contributed by atoms with Gasteiger partial charge in [-0.1, -0.05) is 6.92 Å². The molecule has 1 aromatic carbocycles. The third kappa shape index (κ3) is 2.56. The van der Waals surface area contributed by atoms with Crippen LogP contribution in [0.25, 0.3) is 0 Å². The highest BCUT2D eigenvalue weighted by molar-refractivity contribution is 7.99. The highest BCUT2D eigenvalue weighted by Gasteiger charge is 2.12. The number of hydrogen-bond acceptors (Lipinski definition) is 4. The number of nitrogen functional groups attached to an aromatic ring is 1. The van der Waals surface area contributed by atoms with Crippen molar-refractivity contribution in [2.24, 2.45) is 0 Å².